The van der Waals surface area contributed by atoms with Gasteiger partial charge in [-0.3, -0.25) is 14.4 Å². The van der Waals surface area contributed by atoms with Crippen LogP contribution in [0.15, 0.2) is 24.3 Å². The number of fused-ring (bicyclic) bond motifs is 1. The van der Waals surface area contributed by atoms with Gasteiger partial charge in [-0.2, -0.15) is 0 Å². The monoisotopic (exact) mass is 348 g/mol. The van der Waals surface area contributed by atoms with Crippen LogP contribution in [-0.4, -0.2) is 52.3 Å². The molecule has 3 atom stereocenters. The molecule has 0 aliphatic carbocycles. The summed E-state index contributed by atoms with van der Waals surface area (Å²) in [6, 6.07) is 5.99. The molecule has 0 aromatic heterocycles. The number of carbonyl (C=O) groups is 3. The highest BCUT2D eigenvalue weighted by Gasteiger charge is 2.49. The molecule has 2 amide bonds. The molecule has 0 unspecified atom stereocenters. The highest BCUT2D eigenvalue weighted by molar-refractivity contribution is 5.81. The molecule has 2 heterocycles. The van der Waals surface area contributed by atoms with Crippen molar-refractivity contribution in [3.63, 3.8) is 0 Å². The highest BCUT2D eigenvalue weighted by Crippen LogP contribution is 2.45. The Hall–Kier alpha value is -2.44. The Labute approximate surface area is 145 Å². The molecule has 2 saturated heterocycles. The third-order valence-electron chi connectivity index (χ3n) is 5.16. The average molecular weight is 348 g/mol. The van der Waals surface area contributed by atoms with Crippen molar-refractivity contribution in [1.82, 2.24) is 9.80 Å². The molecular formula is C18H21FN2O4. The van der Waals surface area contributed by atoms with Crippen LogP contribution in [-0.2, 0) is 14.4 Å². The van der Waals surface area contributed by atoms with Gasteiger partial charge >= 0.3 is 5.97 Å². The molecule has 1 aromatic carbocycles. The summed E-state index contributed by atoms with van der Waals surface area (Å²) < 4.78 is 13.6. The number of amides is 2. The first kappa shape index (κ1) is 17.4. The summed E-state index contributed by atoms with van der Waals surface area (Å²) in [5, 5.41) is 8.73. The zero-order valence-corrected chi connectivity index (χ0v) is 14.0. The lowest BCUT2D eigenvalue weighted by Gasteiger charge is -2.29. The van der Waals surface area contributed by atoms with Crippen LogP contribution in [0.4, 0.5) is 4.39 Å². The van der Waals surface area contributed by atoms with Gasteiger partial charge in [-0.1, -0.05) is 12.1 Å². The maximum atomic E-state index is 13.6. The minimum atomic E-state index is -0.992. The van der Waals surface area contributed by atoms with Crippen molar-refractivity contribution >= 4 is 17.8 Å². The number of carbonyl (C=O) groups excluding carboxylic acids is 2. The first-order valence-electron chi connectivity index (χ1n) is 8.39. The fourth-order valence-corrected chi connectivity index (χ4v) is 4.06. The summed E-state index contributed by atoms with van der Waals surface area (Å²) in [4.78, 5) is 38.3. The lowest BCUT2D eigenvalue weighted by molar-refractivity contribution is -0.140. The molecule has 0 bridgehead atoms. The van der Waals surface area contributed by atoms with E-state index in [0.29, 0.717) is 19.6 Å². The Balaban J connectivity index is 1.78. The minimum Gasteiger partial charge on any atom is -0.481 e. The fraction of sp³-hybridized carbons (Fsp3) is 0.500. The molecule has 3 rings (SSSR count). The summed E-state index contributed by atoms with van der Waals surface area (Å²) in [7, 11) is 0. The molecule has 1 N–H and O–H groups in total. The summed E-state index contributed by atoms with van der Waals surface area (Å²) in [5.41, 5.74) is 0.738. The van der Waals surface area contributed by atoms with Gasteiger partial charge in [-0.15, -0.1) is 0 Å². The number of hydrogen-bond donors (Lipinski definition) is 1. The molecule has 0 spiro atoms. The van der Waals surface area contributed by atoms with E-state index in [1.807, 2.05) is 0 Å². The van der Waals surface area contributed by atoms with Gasteiger partial charge in [0.2, 0.25) is 11.8 Å². The van der Waals surface area contributed by atoms with Crippen LogP contribution in [0, 0.1) is 17.7 Å². The van der Waals surface area contributed by atoms with E-state index < -0.39 is 5.97 Å². The molecule has 2 aliphatic heterocycles. The van der Waals surface area contributed by atoms with E-state index in [4.69, 9.17) is 5.11 Å². The van der Waals surface area contributed by atoms with Gasteiger partial charge in [-0.25, -0.2) is 4.39 Å². The van der Waals surface area contributed by atoms with Gasteiger partial charge in [0.05, 0.1) is 12.5 Å². The molecule has 25 heavy (non-hydrogen) atoms. The van der Waals surface area contributed by atoms with Crippen molar-refractivity contribution in [3.8, 4) is 0 Å². The van der Waals surface area contributed by atoms with E-state index in [9.17, 15) is 18.8 Å². The first-order valence-corrected chi connectivity index (χ1v) is 8.39. The highest BCUT2D eigenvalue weighted by atomic mass is 19.1. The van der Waals surface area contributed by atoms with E-state index in [2.05, 4.69) is 0 Å². The number of carboxylic acid groups (broad SMARTS) is 1. The predicted molar refractivity (Wildman–Crippen MR) is 87.0 cm³/mol. The van der Waals surface area contributed by atoms with Crippen LogP contribution in [0.1, 0.15) is 31.4 Å². The summed E-state index contributed by atoms with van der Waals surface area (Å²) in [6.45, 7) is 3.01. The molecule has 7 heteroatoms. The SMILES string of the molecule is CC(=O)N1C[C@H]2CN(C(=O)CCC(=O)O)C[C@H]2[C@@H]1c1cccc(F)c1. The molecule has 2 fully saturated rings. The third kappa shape index (κ3) is 3.50. The van der Waals surface area contributed by atoms with Crippen LogP contribution < -0.4 is 0 Å². The van der Waals surface area contributed by atoms with Gasteiger partial charge in [-0.05, 0) is 17.7 Å². The lowest BCUT2D eigenvalue weighted by atomic mass is 9.89. The number of carboxylic acids is 1. The molecule has 134 valence electrons. The molecule has 6 nitrogen and oxygen atoms in total. The van der Waals surface area contributed by atoms with Crippen LogP contribution in [0.2, 0.25) is 0 Å². The maximum Gasteiger partial charge on any atom is 0.303 e. The quantitative estimate of drug-likeness (QED) is 0.898. The van der Waals surface area contributed by atoms with Crippen molar-refractivity contribution in [2.75, 3.05) is 19.6 Å². The number of likely N-dealkylation sites (tertiary alicyclic amines) is 2. The second-order valence-corrected chi connectivity index (χ2v) is 6.79. The van der Waals surface area contributed by atoms with E-state index in [1.165, 1.54) is 19.1 Å². The van der Waals surface area contributed by atoms with Crippen molar-refractivity contribution in [3.05, 3.63) is 35.6 Å². The number of benzene rings is 1. The van der Waals surface area contributed by atoms with E-state index >= 15 is 0 Å². The Kier molecular flexibility index (Phi) is 4.74. The molecule has 2 aliphatic rings. The standard InChI is InChI=1S/C18H21FN2O4/c1-11(22)21-9-13-8-20(16(23)5-6-17(24)25)10-15(13)18(21)12-3-2-4-14(19)7-12/h2-4,7,13,15,18H,5-6,8-10H2,1H3,(H,24,25)/t13-,15-,18+/m1/s1. The Morgan fingerprint density at radius 3 is 2.60 bits per heavy atom. The Bertz CT molecular complexity index is 708. The normalized spacial score (nSPS) is 25.1. The zero-order chi connectivity index (χ0) is 18.1. The predicted octanol–water partition coefficient (Wildman–Crippen LogP) is 1.67. The molecule has 0 radical (unpaired) electrons. The number of hydrogen-bond acceptors (Lipinski definition) is 3. The Morgan fingerprint density at radius 2 is 1.96 bits per heavy atom. The first-order chi connectivity index (χ1) is 11.9. The second-order valence-electron chi connectivity index (χ2n) is 6.79. The summed E-state index contributed by atoms with van der Waals surface area (Å²) >= 11 is 0. The summed E-state index contributed by atoms with van der Waals surface area (Å²) in [5.74, 6) is -1.41. The van der Waals surface area contributed by atoms with E-state index in [1.54, 1.807) is 21.9 Å². The van der Waals surface area contributed by atoms with Crippen LogP contribution in [0.3, 0.4) is 0 Å². The topological polar surface area (TPSA) is 77.9 Å². The largest absolute Gasteiger partial charge is 0.481 e. The van der Waals surface area contributed by atoms with Gasteiger partial charge in [0, 0.05) is 44.8 Å². The van der Waals surface area contributed by atoms with E-state index in [0.717, 1.165) is 5.56 Å². The maximum absolute atomic E-state index is 13.6. The molecular weight excluding hydrogens is 327 g/mol. The molecule has 0 saturated carbocycles. The smallest absolute Gasteiger partial charge is 0.303 e. The number of nitrogens with zero attached hydrogens (tertiary/aromatic N) is 2. The van der Waals surface area contributed by atoms with Crippen molar-refractivity contribution in [2.45, 2.75) is 25.8 Å². The van der Waals surface area contributed by atoms with Crippen molar-refractivity contribution in [2.24, 2.45) is 11.8 Å². The average Bonchev–Trinajstić information content (AvgIpc) is 3.10. The third-order valence-corrected chi connectivity index (χ3v) is 5.16. The molecule has 1 aromatic rings. The van der Waals surface area contributed by atoms with Crippen LogP contribution in [0.5, 0.6) is 0 Å². The van der Waals surface area contributed by atoms with Crippen molar-refractivity contribution < 1.29 is 23.9 Å². The van der Waals surface area contributed by atoms with Gasteiger partial charge < -0.3 is 14.9 Å². The zero-order valence-electron chi connectivity index (χ0n) is 14.0. The van der Waals surface area contributed by atoms with Gasteiger partial charge in [0.15, 0.2) is 0 Å². The van der Waals surface area contributed by atoms with Crippen molar-refractivity contribution in [1.29, 1.82) is 0 Å². The van der Waals surface area contributed by atoms with Gasteiger partial charge in [0.1, 0.15) is 5.82 Å². The number of rotatable bonds is 4. The summed E-state index contributed by atoms with van der Waals surface area (Å²) in [6.07, 6.45) is -0.201. The number of halogens is 1. The number of aliphatic carboxylic acids is 1. The minimum absolute atomic E-state index is 0.0180. The van der Waals surface area contributed by atoms with Gasteiger partial charge in [0.25, 0.3) is 0 Å². The van der Waals surface area contributed by atoms with Crippen LogP contribution >= 0.6 is 0 Å². The van der Waals surface area contributed by atoms with Crippen LogP contribution in [0.25, 0.3) is 0 Å². The lowest BCUT2D eigenvalue weighted by Crippen LogP contribution is -2.36. The van der Waals surface area contributed by atoms with E-state index in [-0.39, 0.29) is 48.4 Å². The Morgan fingerprint density at radius 1 is 1.20 bits per heavy atom. The second kappa shape index (κ2) is 6.82. The fourth-order valence-electron chi connectivity index (χ4n) is 4.06.